The van der Waals surface area contributed by atoms with Gasteiger partial charge in [-0.3, -0.25) is 9.48 Å². The molecule has 0 unspecified atom stereocenters. The maximum Gasteiger partial charge on any atom is 0.292 e. The number of amides is 1. The third kappa shape index (κ3) is 5.92. The Morgan fingerprint density at radius 3 is 2.47 bits per heavy atom. The number of hydrogen-bond donors (Lipinski definition) is 1. The number of furan rings is 1. The molecule has 1 amide bonds. The number of hydrogen-bond acceptors (Lipinski definition) is 5. The summed E-state index contributed by atoms with van der Waals surface area (Å²) in [5.41, 5.74) is 1.74. The highest BCUT2D eigenvalue weighted by Crippen LogP contribution is 2.23. The maximum absolute atomic E-state index is 12.6. The van der Waals surface area contributed by atoms with E-state index in [1.54, 1.807) is 35.0 Å². The molecule has 0 saturated carbocycles. The van der Waals surface area contributed by atoms with E-state index in [-0.39, 0.29) is 12.4 Å². The Bertz CT molecular complexity index is 1280. The molecule has 4 aromatic rings. The van der Waals surface area contributed by atoms with Crippen molar-refractivity contribution in [3.8, 4) is 11.5 Å². The number of nitrogens with zero attached hydrogens (tertiary/aromatic N) is 2. The summed E-state index contributed by atoms with van der Waals surface area (Å²) in [5.74, 6) is 2.16. The van der Waals surface area contributed by atoms with Crippen molar-refractivity contribution in [2.24, 2.45) is 0 Å². The average molecular weight is 500 g/mol. The van der Waals surface area contributed by atoms with Crippen LogP contribution in [0.2, 0.25) is 10.0 Å². The molecule has 7 nitrogen and oxygen atoms in total. The van der Waals surface area contributed by atoms with Crippen molar-refractivity contribution in [1.82, 2.24) is 9.78 Å². The van der Waals surface area contributed by atoms with E-state index in [2.05, 4.69) is 10.4 Å². The lowest BCUT2D eigenvalue weighted by molar-refractivity contribution is 0.0992. The first-order valence-electron chi connectivity index (χ1n) is 10.7. The molecular formula is C25H23Cl2N3O4. The molecule has 4 rings (SSSR count). The second-order valence-electron chi connectivity index (χ2n) is 7.48. The monoisotopic (exact) mass is 499 g/mol. The predicted octanol–water partition coefficient (Wildman–Crippen LogP) is 6.37. The Morgan fingerprint density at radius 1 is 1.03 bits per heavy atom. The Balaban J connectivity index is 1.35. The highest BCUT2D eigenvalue weighted by atomic mass is 35.5. The zero-order valence-corrected chi connectivity index (χ0v) is 20.2. The highest BCUT2D eigenvalue weighted by molar-refractivity contribution is 6.35. The van der Waals surface area contributed by atoms with Gasteiger partial charge in [0.05, 0.1) is 13.2 Å². The number of aromatic nitrogens is 2. The van der Waals surface area contributed by atoms with Gasteiger partial charge < -0.3 is 19.2 Å². The molecule has 0 atom stereocenters. The zero-order chi connectivity index (χ0) is 24.1. The van der Waals surface area contributed by atoms with Crippen LogP contribution < -0.4 is 14.8 Å². The second kappa shape index (κ2) is 10.7. The molecule has 0 radical (unpaired) electrons. The van der Waals surface area contributed by atoms with Crippen LogP contribution in [0, 0.1) is 6.92 Å². The molecule has 0 saturated heterocycles. The zero-order valence-electron chi connectivity index (χ0n) is 18.7. The molecule has 0 aliphatic heterocycles. The lowest BCUT2D eigenvalue weighted by atomic mass is 10.2. The standard InChI is InChI=1S/C25H23Cl2N3O4/c1-3-32-19-6-8-20(9-7-19)33-15-21-10-11-23(34-21)25(31)28-24-12-16(2)30(29-24)14-17-4-5-18(26)13-22(17)27/h4-13H,3,14-15H2,1-2H3,(H,28,29,31). The maximum atomic E-state index is 12.6. The number of carbonyl (C=O) groups is 1. The van der Waals surface area contributed by atoms with Gasteiger partial charge in [0.2, 0.25) is 0 Å². The van der Waals surface area contributed by atoms with E-state index in [0.717, 1.165) is 17.0 Å². The predicted molar refractivity (Wildman–Crippen MR) is 131 cm³/mol. The first-order chi connectivity index (χ1) is 16.4. The number of carbonyl (C=O) groups excluding carboxylic acids is 1. The van der Waals surface area contributed by atoms with E-state index in [1.807, 2.05) is 44.2 Å². The molecular weight excluding hydrogens is 477 g/mol. The Morgan fingerprint density at radius 2 is 1.76 bits per heavy atom. The SMILES string of the molecule is CCOc1ccc(OCc2ccc(C(=O)Nc3cc(C)n(Cc4ccc(Cl)cc4Cl)n3)o2)cc1. The molecule has 2 heterocycles. The smallest absolute Gasteiger partial charge is 0.292 e. The fourth-order valence-electron chi connectivity index (χ4n) is 3.25. The molecule has 9 heteroatoms. The minimum atomic E-state index is -0.401. The van der Waals surface area contributed by atoms with Gasteiger partial charge in [-0.2, -0.15) is 5.10 Å². The summed E-state index contributed by atoms with van der Waals surface area (Å²) >= 11 is 12.2. The molecule has 1 N–H and O–H groups in total. The summed E-state index contributed by atoms with van der Waals surface area (Å²) in [4.78, 5) is 12.6. The first kappa shape index (κ1) is 23.7. The number of anilines is 1. The van der Waals surface area contributed by atoms with E-state index in [1.165, 1.54) is 0 Å². The van der Waals surface area contributed by atoms with Crippen LogP contribution in [0.4, 0.5) is 5.82 Å². The molecule has 2 aromatic carbocycles. The number of nitrogens with one attached hydrogen (secondary N) is 1. The third-order valence-electron chi connectivity index (χ3n) is 4.96. The van der Waals surface area contributed by atoms with Crippen molar-refractivity contribution in [2.75, 3.05) is 11.9 Å². The fraction of sp³-hybridized carbons (Fsp3) is 0.200. The summed E-state index contributed by atoms with van der Waals surface area (Å²) in [6, 6.07) is 17.7. The van der Waals surface area contributed by atoms with Crippen LogP contribution >= 0.6 is 23.2 Å². The summed E-state index contributed by atoms with van der Waals surface area (Å²) in [6.45, 7) is 5.07. The number of aryl methyl sites for hydroxylation is 1. The van der Waals surface area contributed by atoms with Crippen molar-refractivity contribution < 1.29 is 18.7 Å². The summed E-state index contributed by atoms with van der Waals surface area (Å²) in [5, 5.41) is 8.34. The van der Waals surface area contributed by atoms with E-state index in [4.69, 9.17) is 37.1 Å². The third-order valence-corrected chi connectivity index (χ3v) is 5.55. The van der Waals surface area contributed by atoms with Crippen molar-refractivity contribution in [3.05, 3.63) is 93.5 Å². The van der Waals surface area contributed by atoms with Crippen molar-refractivity contribution in [2.45, 2.75) is 27.0 Å². The molecule has 0 spiro atoms. The Kier molecular flexibility index (Phi) is 7.45. The molecule has 34 heavy (non-hydrogen) atoms. The first-order valence-corrected chi connectivity index (χ1v) is 11.4. The number of halogens is 2. The quantitative estimate of drug-likeness (QED) is 0.289. The van der Waals surface area contributed by atoms with E-state index in [0.29, 0.717) is 40.5 Å². The van der Waals surface area contributed by atoms with Crippen molar-refractivity contribution >= 4 is 34.9 Å². The fourth-order valence-corrected chi connectivity index (χ4v) is 3.72. The molecule has 0 aliphatic carbocycles. The number of benzene rings is 2. The van der Waals surface area contributed by atoms with E-state index >= 15 is 0 Å². The summed E-state index contributed by atoms with van der Waals surface area (Å²) in [7, 11) is 0. The topological polar surface area (TPSA) is 78.5 Å². The summed E-state index contributed by atoms with van der Waals surface area (Å²) < 4.78 is 18.5. The van der Waals surface area contributed by atoms with Crippen LogP contribution in [0.15, 0.2) is 65.1 Å². The normalized spacial score (nSPS) is 10.8. The Hall–Kier alpha value is -3.42. The van der Waals surface area contributed by atoms with Crippen molar-refractivity contribution in [1.29, 1.82) is 0 Å². The van der Waals surface area contributed by atoms with Gasteiger partial charge in [-0.25, -0.2) is 0 Å². The van der Waals surface area contributed by atoms with Gasteiger partial charge in [0.1, 0.15) is 23.9 Å². The van der Waals surface area contributed by atoms with Gasteiger partial charge in [0.15, 0.2) is 11.6 Å². The minimum Gasteiger partial charge on any atom is -0.494 e. The van der Waals surface area contributed by atoms with Crippen LogP contribution in [0.3, 0.4) is 0 Å². The van der Waals surface area contributed by atoms with Gasteiger partial charge in [-0.15, -0.1) is 0 Å². The lowest BCUT2D eigenvalue weighted by Crippen LogP contribution is -2.12. The molecule has 0 fully saturated rings. The minimum absolute atomic E-state index is 0.165. The van der Waals surface area contributed by atoms with Gasteiger partial charge in [0.25, 0.3) is 5.91 Å². The van der Waals surface area contributed by atoms with Crippen LogP contribution in [0.25, 0.3) is 0 Å². The molecule has 0 aliphatic rings. The van der Waals surface area contributed by atoms with E-state index in [9.17, 15) is 4.79 Å². The molecule has 176 valence electrons. The number of rotatable bonds is 9. The van der Waals surface area contributed by atoms with Crippen LogP contribution in [-0.2, 0) is 13.2 Å². The molecule has 2 aromatic heterocycles. The van der Waals surface area contributed by atoms with Crippen LogP contribution in [0.1, 0.15) is 34.5 Å². The molecule has 0 bridgehead atoms. The van der Waals surface area contributed by atoms with Crippen LogP contribution in [-0.4, -0.2) is 22.3 Å². The van der Waals surface area contributed by atoms with Crippen LogP contribution in [0.5, 0.6) is 11.5 Å². The van der Waals surface area contributed by atoms with Gasteiger partial charge in [0, 0.05) is 21.8 Å². The van der Waals surface area contributed by atoms with Gasteiger partial charge in [-0.1, -0.05) is 29.3 Å². The highest BCUT2D eigenvalue weighted by Gasteiger charge is 2.15. The van der Waals surface area contributed by atoms with E-state index < -0.39 is 5.91 Å². The van der Waals surface area contributed by atoms with Crippen molar-refractivity contribution in [3.63, 3.8) is 0 Å². The lowest BCUT2D eigenvalue weighted by Gasteiger charge is -2.07. The average Bonchev–Trinajstić information content (AvgIpc) is 3.42. The van der Waals surface area contributed by atoms with Gasteiger partial charge in [-0.05, 0) is 67.9 Å². The number of ether oxygens (including phenoxy) is 2. The largest absolute Gasteiger partial charge is 0.494 e. The second-order valence-corrected chi connectivity index (χ2v) is 8.32. The summed E-state index contributed by atoms with van der Waals surface area (Å²) in [6.07, 6.45) is 0. The Labute approximate surface area is 207 Å². The van der Waals surface area contributed by atoms with Gasteiger partial charge >= 0.3 is 0 Å².